The van der Waals surface area contributed by atoms with E-state index in [1.165, 1.54) is 31.5 Å². The lowest BCUT2D eigenvalue weighted by Gasteiger charge is -2.07. The molecule has 1 aromatic carbocycles. The highest BCUT2D eigenvalue weighted by Crippen LogP contribution is 2.37. The van der Waals surface area contributed by atoms with E-state index in [0.717, 1.165) is 11.3 Å². The summed E-state index contributed by atoms with van der Waals surface area (Å²) in [6.07, 6.45) is 0. The minimum atomic E-state index is -0.994. The zero-order valence-corrected chi connectivity index (χ0v) is 11.1. The van der Waals surface area contributed by atoms with Crippen LogP contribution in [0.1, 0.15) is 15.9 Å². The van der Waals surface area contributed by atoms with E-state index in [4.69, 9.17) is 5.73 Å². The van der Waals surface area contributed by atoms with Crippen molar-refractivity contribution in [1.82, 2.24) is 0 Å². The van der Waals surface area contributed by atoms with Crippen molar-refractivity contribution >= 4 is 23.0 Å². The number of nitrogen functional groups attached to an aromatic ring is 1. The SMILES string of the molecule is COC(=O)c1c(N)csc1-c1ccc(C)c(F)c1F. The van der Waals surface area contributed by atoms with Gasteiger partial charge in [-0.1, -0.05) is 12.1 Å². The molecule has 0 unspecified atom stereocenters. The minimum absolute atomic E-state index is 0.00481. The number of nitrogens with two attached hydrogens (primary N) is 1. The third kappa shape index (κ3) is 2.19. The van der Waals surface area contributed by atoms with E-state index < -0.39 is 17.6 Å². The highest BCUT2D eigenvalue weighted by Gasteiger charge is 2.23. The summed E-state index contributed by atoms with van der Waals surface area (Å²) in [5.41, 5.74) is 6.12. The molecule has 0 saturated carbocycles. The van der Waals surface area contributed by atoms with Crippen molar-refractivity contribution in [2.24, 2.45) is 0 Å². The molecular formula is C13H11F2NO2S. The van der Waals surface area contributed by atoms with Crippen LogP contribution in [0, 0.1) is 18.6 Å². The van der Waals surface area contributed by atoms with E-state index in [0.29, 0.717) is 0 Å². The van der Waals surface area contributed by atoms with E-state index in [2.05, 4.69) is 4.74 Å². The number of carbonyl (C=O) groups excluding carboxylic acids is 1. The van der Waals surface area contributed by atoms with Crippen molar-refractivity contribution in [3.05, 3.63) is 40.3 Å². The molecule has 100 valence electrons. The Bertz CT molecular complexity index is 652. The van der Waals surface area contributed by atoms with Crippen molar-refractivity contribution in [2.45, 2.75) is 6.92 Å². The largest absolute Gasteiger partial charge is 0.465 e. The fourth-order valence-corrected chi connectivity index (χ4v) is 2.67. The van der Waals surface area contributed by atoms with Gasteiger partial charge in [0.25, 0.3) is 0 Å². The number of halogens is 2. The molecule has 0 aliphatic rings. The second kappa shape index (κ2) is 4.97. The summed E-state index contributed by atoms with van der Waals surface area (Å²) in [5.74, 6) is -2.60. The molecule has 0 fully saturated rings. The molecule has 1 heterocycles. The Morgan fingerprint density at radius 2 is 2.00 bits per heavy atom. The lowest BCUT2D eigenvalue weighted by atomic mass is 10.1. The monoisotopic (exact) mass is 283 g/mol. The molecule has 19 heavy (non-hydrogen) atoms. The summed E-state index contributed by atoms with van der Waals surface area (Å²) in [6.45, 7) is 1.46. The summed E-state index contributed by atoms with van der Waals surface area (Å²) in [5, 5.41) is 1.50. The van der Waals surface area contributed by atoms with Crippen LogP contribution in [0.3, 0.4) is 0 Å². The molecule has 0 aliphatic carbocycles. The van der Waals surface area contributed by atoms with Crippen molar-refractivity contribution in [3.8, 4) is 10.4 Å². The maximum absolute atomic E-state index is 13.9. The van der Waals surface area contributed by atoms with Gasteiger partial charge < -0.3 is 10.5 Å². The number of aryl methyl sites for hydroxylation is 1. The van der Waals surface area contributed by atoms with Crippen molar-refractivity contribution in [3.63, 3.8) is 0 Å². The summed E-state index contributed by atoms with van der Waals surface area (Å²) in [7, 11) is 1.20. The Morgan fingerprint density at radius 1 is 1.32 bits per heavy atom. The van der Waals surface area contributed by atoms with Gasteiger partial charge in [-0.2, -0.15) is 0 Å². The van der Waals surface area contributed by atoms with Gasteiger partial charge in [-0.25, -0.2) is 13.6 Å². The number of anilines is 1. The average molecular weight is 283 g/mol. The molecule has 2 N–H and O–H groups in total. The van der Waals surface area contributed by atoms with Crippen molar-refractivity contribution in [1.29, 1.82) is 0 Å². The van der Waals surface area contributed by atoms with Crippen LogP contribution in [0.15, 0.2) is 17.5 Å². The zero-order valence-electron chi connectivity index (χ0n) is 10.3. The van der Waals surface area contributed by atoms with Crippen LogP contribution >= 0.6 is 11.3 Å². The van der Waals surface area contributed by atoms with Crippen LogP contribution in [0.5, 0.6) is 0 Å². The van der Waals surface area contributed by atoms with Crippen molar-refractivity contribution in [2.75, 3.05) is 12.8 Å². The maximum atomic E-state index is 13.9. The molecule has 0 bridgehead atoms. The van der Waals surface area contributed by atoms with Crippen LogP contribution in [0.2, 0.25) is 0 Å². The number of ether oxygens (including phenoxy) is 1. The fourth-order valence-electron chi connectivity index (χ4n) is 1.70. The topological polar surface area (TPSA) is 52.3 Å². The normalized spacial score (nSPS) is 10.5. The van der Waals surface area contributed by atoms with Gasteiger partial charge in [0, 0.05) is 10.9 Å². The Hall–Kier alpha value is -1.95. The van der Waals surface area contributed by atoms with Gasteiger partial charge >= 0.3 is 5.97 Å². The third-order valence-corrected chi connectivity index (χ3v) is 3.76. The van der Waals surface area contributed by atoms with E-state index in [9.17, 15) is 13.6 Å². The lowest BCUT2D eigenvalue weighted by Crippen LogP contribution is -2.05. The minimum Gasteiger partial charge on any atom is -0.465 e. The molecule has 6 heteroatoms. The maximum Gasteiger partial charge on any atom is 0.341 e. The van der Waals surface area contributed by atoms with E-state index in [1.807, 2.05) is 0 Å². The number of benzene rings is 1. The number of hydrogen-bond donors (Lipinski definition) is 1. The van der Waals surface area contributed by atoms with E-state index >= 15 is 0 Å². The molecule has 2 aromatic rings. The molecule has 1 aromatic heterocycles. The zero-order chi connectivity index (χ0) is 14.2. The first-order chi connectivity index (χ1) is 8.97. The fraction of sp³-hybridized carbons (Fsp3) is 0.154. The molecule has 0 atom stereocenters. The quantitative estimate of drug-likeness (QED) is 0.860. The second-order valence-electron chi connectivity index (χ2n) is 3.94. The Morgan fingerprint density at radius 3 is 2.63 bits per heavy atom. The van der Waals surface area contributed by atoms with E-state index in [1.54, 1.807) is 0 Å². The van der Waals surface area contributed by atoms with Gasteiger partial charge in [0.2, 0.25) is 0 Å². The van der Waals surface area contributed by atoms with Crippen LogP contribution in [0.25, 0.3) is 10.4 Å². The number of hydrogen-bond acceptors (Lipinski definition) is 4. The summed E-state index contributed by atoms with van der Waals surface area (Å²) < 4.78 is 32.1. The van der Waals surface area contributed by atoms with Crippen LogP contribution < -0.4 is 5.73 Å². The first kappa shape index (κ1) is 13.5. The Kier molecular flexibility index (Phi) is 3.53. The highest BCUT2D eigenvalue weighted by molar-refractivity contribution is 7.14. The van der Waals surface area contributed by atoms with Gasteiger partial charge in [-0.15, -0.1) is 11.3 Å². The predicted molar refractivity (Wildman–Crippen MR) is 70.2 cm³/mol. The number of rotatable bonds is 2. The molecule has 0 radical (unpaired) electrons. The molecule has 0 aliphatic heterocycles. The average Bonchev–Trinajstić information content (AvgIpc) is 2.77. The van der Waals surface area contributed by atoms with Gasteiger partial charge in [0.05, 0.1) is 17.7 Å². The lowest BCUT2D eigenvalue weighted by molar-refractivity contribution is 0.0603. The molecule has 3 nitrogen and oxygen atoms in total. The smallest absolute Gasteiger partial charge is 0.341 e. The van der Waals surface area contributed by atoms with Crippen LogP contribution in [-0.2, 0) is 4.74 Å². The standard InChI is InChI=1S/C13H11F2NO2S/c1-6-3-4-7(11(15)10(6)14)12-9(13(17)18-2)8(16)5-19-12/h3-5H,16H2,1-2H3. The molecule has 2 rings (SSSR count). The Labute approximate surface area is 112 Å². The van der Waals surface area contributed by atoms with Crippen LogP contribution in [0.4, 0.5) is 14.5 Å². The number of methoxy groups -OCH3 is 1. The first-order valence-corrected chi connectivity index (χ1v) is 6.25. The third-order valence-electron chi connectivity index (χ3n) is 2.73. The van der Waals surface area contributed by atoms with Crippen LogP contribution in [-0.4, -0.2) is 13.1 Å². The van der Waals surface area contributed by atoms with Gasteiger partial charge in [-0.3, -0.25) is 0 Å². The number of esters is 1. The Balaban J connectivity index is 2.67. The van der Waals surface area contributed by atoms with Gasteiger partial charge in [-0.05, 0) is 12.5 Å². The molecule has 0 saturated heterocycles. The molecular weight excluding hydrogens is 272 g/mol. The molecule has 0 spiro atoms. The summed E-state index contributed by atoms with van der Waals surface area (Å²) >= 11 is 1.07. The van der Waals surface area contributed by atoms with Gasteiger partial charge in [0.15, 0.2) is 11.6 Å². The summed E-state index contributed by atoms with van der Waals surface area (Å²) in [4.78, 5) is 11.9. The number of thiophene rings is 1. The van der Waals surface area contributed by atoms with E-state index in [-0.39, 0.29) is 27.3 Å². The second-order valence-corrected chi connectivity index (χ2v) is 4.82. The predicted octanol–water partition coefficient (Wildman–Crippen LogP) is 3.37. The number of carbonyl (C=O) groups is 1. The van der Waals surface area contributed by atoms with Crippen molar-refractivity contribution < 1.29 is 18.3 Å². The molecule has 0 amide bonds. The summed E-state index contributed by atoms with van der Waals surface area (Å²) in [6, 6.07) is 2.87. The first-order valence-electron chi connectivity index (χ1n) is 5.37. The van der Waals surface area contributed by atoms with Gasteiger partial charge in [0.1, 0.15) is 5.56 Å². The highest BCUT2D eigenvalue weighted by atomic mass is 32.1.